The molecule has 30 heavy (non-hydrogen) atoms. The minimum Gasteiger partial charge on any atom is -0.466 e. The van der Waals surface area contributed by atoms with E-state index in [1.165, 1.54) is 0 Å². The van der Waals surface area contributed by atoms with Crippen LogP contribution in [-0.2, 0) is 14.3 Å². The quantitative estimate of drug-likeness (QED) is 0.462. The summed E-state index contributed by atoms with van der Waals surface area (Å²) in [5.41, 5.74) is -0.747. The highest BCUT2D eigenvalue weighted by Gasteiger charge is 2.64. The Hall–Kier alpha value is -0.870. The number of rotatable bonds is 5. The molecule has 1 N–H and O–H groups in total. The Kier molecular flexibility index (Phi) is 5.89. The van der Waals surface area contributed by atoms with Crippen molar-refractivity contribution in [1.82, 2.24) is 0 Å². The van der Waals surface area contributed by atoms with Crippen molar-refractivity contribution in [3.63, 3.8) is 0 Å². The number of hydrogen-bond donors (Lipinski definition) is 1. The third-order valence-electron chi connectivity index (χ3n) is 9.71. The first-order chi connectivity index (χ1) is 14.1. The third-order valence-corrected chi connectivity index (χ3v) is 10.0. The molecule has 168 valence electrons. The van der Waals surface area contributed by atoms with Crippen molar-refractivity contribution < 1.29 is 19.4 Å². The zero-order valence-corrected chi connectivity index (χ0v) is 19.5. The van der Waals surface area contributed by atoms with Crippen LogP contribution in [0.4, 0.5) is 0 Å². The Morgan fingerprint density at radius 3 is 2.67 bits per heavy atom. The summed E-state index contributed by atoms with van der Waals surface area (Å²) in [4.78, 5) is 23.6. The van der Waals surface area contributed by atoms with Crippen molar-refractivity contribution in [2.45, 2.75) is 90.6 Å². The van der Waals surface area contributed by atoms with E-state index in [-0.39, 0.29) is 22.6 Å². The van der Waals surface area contributed by atoms with E-state index in [0.29, 0.717) is 54.6 Å². The van der Waals surface area contributed by atoms with Crippen LogP contribution < -0.4 is 0 Å². The number of fused-ring (bicyclic) bond motifs is 5. The molecule has 0 aliphatic heterocycles. The van der Waals surface area contributed by atoms with Crippen LogP contribution in [-0.4, -0.2) is 29.1 Å². The number of Topliss-reactive ketones (excluding diaryl/α,β-unsaturated/α-hetero) is 1. The van der Waals surface area contributed by atoms with E-state index < -0.39 is 5.60 Å². The highest BCUT2D eigenvalue weighted by Crippen LogP contribution is 2.68. The standard InChI is InChI=1S/C25H37ClO4/c1-4-22(28)30-13-5-10-25(29)12-9-19-17-7-6-16-14-21(27)20(26)15-23(16,2)18(17)8-11-24(19,25)3/h15-19,29H,4-14H2,1-3H3/t16-,17+,18-,19-,23-,24-,25-/m0/s1. The van der Waals surface area contributed by atoms with E-state index in [1.54, 1.807) is 6.92 Å². The van der Waals surface area contributed by atoms with Gasteiger partial charge in [-0.1, -0.05) is 38.4 Å². The summed E-state index contributed by atoms with van der Waals surface area (Å²) in [5, 5.41) is 12.2. The Bertz CT molecular complexity index is 747. The van der Waals surface area contributed by atoms with Crippen LogP contribution >= 0.6 is 11.6 Å². The van der Waals surface area contributed by atoms with Crippen molar-refractivity contribution in [3.05, 3.63) is 11.1 Å². The first-order valence-corrected chi connectivity index (χ1v) is 12.3. The van der Waals surface area contributed by atoms with Gasteiger partial charge in [0.1, 0.15) is 0 Å². The van der Waals surface area contributed by atoms with Gasteiger partial charge in [0.2, 0.25) is 0 Å². The molecule has 0 aromatic rings. The molecule has 0 heterocycles. The van der Waals surface area contributed by atoms with Crippen molar-refractivity contribution in [1.29, 1.82) is 0 Å². The molecule has 0 radical (unpaired) electrons. The van der Waals surface area contributed by atoms with Crippen LogP contribution in [0.25, 0.3) is 0 Å². The van der Waals surface area contributed by atoms with Gasteiger partial charge >= 0.3 is 5.97 Å². The number of hydrogen-bond acceptors (Lipinski definition) is 4. The number of ether oxygens (including phenoxy) is 1. The van der Waals surface area contributed by atoms with Gasteiger partial charge < -0.3 is 9.84 Å². The molecule has 3 fully saturated rings. The SMILES string of the molecule is CCC(=O)OCCC[C@]1(O)CC[C@H]2[C@@H]3CC[C@H]4CC(=O)C(Cl)=C[C@]4(C)[C@H]3CC[C@@]21C. The monoisotopic (exact) mass is 436 g/mol. The number of carbonyl (C=O) groups is 2. The average Bonchev–Trinajstić information content (AvgIpc) is 2.97. The molecule has 0 unspecified atom stereocenters. The fraction of sp³-hybridized carbons (Fsp3) is 0.840. The number of carbonyl (C=O) groups excluding carboxylic acids is 2. The molecule has 0 aromatic heterocycles. The number of esters is 1. The van der Waals surface area contributed by atoms with Crippen molar-refractivity contribution in [2.24, 2.45) is 34.5 Å². The van der Waals surface area contributed by atoms with Crippen molar-refractivity contribution >= 4 is 23.4 Å². The number of halogens is 1. The average molecular weight is 437 g/mol. The fourth-order valence-electron chi connectivity index (χ4n) is 7.86. The minimum atomic E-state index is -0.672. The lowest BCUT2D eigenvalue weighted by Crippen LogP contribution is -2.56. The van der Waals surface area contributed by atoms with E-state index in [1.807, 2.05) is 0 Å². The summed E-state index contributed by atoms with van der Waals surface area (Å²) >= 11 is 6.33. The zero-order chi connectivity index (χ0) is 21.7. The molecule has 5 heteroatoms. The van der Waals surface area contributed by atoms with E-state index in [4.69, 9.17) is 16.3 Å². The first kappa shape index (κ1) is 22.3. The topological polar surface area (TPSA) is 63.6 Å². The molecule has 4 aliphatic carbocycles. The summed E-state index contributed by atoms with van der Waals surface area (Å²) in [6.07, 6.45) is 10.8. The predicted molar refractivity (Wildman–Crippen MR) is 117 cm³/mol. The van der Waals surface area contributed by atoms with Gasteiger partial charge in [0, 0.05) is 12.8 Å². The molecule has 0 amide bonds. The minimum absolute atomic E-state index is 0.00427. The maximum atomic E-state index is 12.2. The summed E-state index contributed by atoms with van der Waals surface area (Å²) in [5.74, 6) is 2.00. The van der Waals surface area contributed by atoms with Gasteiger partial charge in [-0.25, -0.2) is 0 Å². The molecule has 4 aliphatic rings. The summed E-state index contributed by atoms with van der Waals surface area (Å²) in [7, 11) is 0. The third kappa shape index (κ3) is 3.37. The maximum absolute atomic E-state index is 12.2. The lowest BCUT2D eigenvalue weighted by atomic mass is 9.45. The van der Waals surface area contributed by atoms with Crippen molar-refractivity contribution in [2.75, 3.05) is 6.61 Å². The van der Waals surface area contributed by atoms with Gasteiger partial charge in [-0.05, 0) is 85.9 Å². The van der Waals surface area contributed by atoms with Gasteiger partial charge in [0.15, 0.2) is 5.78 Å². The van der Waals surface area contributed by atoms with Crippen LogP contribution in [0.3, 0.4) is 0 Å². The molecule has 4 nitrogen and oxygen atoms in total. The second-order valence-corrected chi connectivity index (χ2v) is 11.2. The molecule has 0 aromatic carbocycles. The fourth-order valence-corrected chi connectivity index (χ4v) is 8.18. The molecular formula is C25H37ClO4. The van der Waals surface area contributed by atoms with E-state index in [2.05, 4.69) is 19.9 Å². The largest absolute Gasteiger partial charge is 0.466 e. The molecular weight excluding hydrogens is 400 g/mol. The smallest absolute Gasteiger partial charge is 0.305 e. The first-order valence-electron chi connectivity index (χ1n) is 11.9. The highest BCUT2D eigenvalue weighted by atomic mass is 35.5. The molecule has 3 saturated carbocycles. The molecule has 0 bridgehead atoms. The van der Waals surface area contributed by atoms with Gasteiger partial charge in [-0.2, -0.15) is 0 Å². The summed E-state index contributed by atoms with van der Waals surface area (Å²) in [6.45, 7) is 6.84. The van der Waals surface area contributed by atoms with Crippen LogP contribution in [0.15, 0.2) is 11.1 Å². The second kappa shape index (κ2) is 7.92. The number of ketones is 1. The van der Waals surface area contributed by atoms with E-state index >= 15 is 0 Å². The van der Waals surface area contributed by atoms with Gasteiger partial charge in [-0.15, -0.1) is 0 Å². The van der Waals surface area contributed by atoms with Crippen LogP contribution in [0, 0.1) is 34.5 Å². The Balaban J connectivity index is 1.50. The second-order valence-electron chi connectivity index (χ2n) is 10.8. The Morgan fingerprint density at radius 1 is 1.20 bits per heavy atom. The van der Waals surface area contributed by atoms with Crippen LogP contribution in [0.1, 0.15) is 85.0 Å². The predicted octanol–water partition coefficient (Wildman–Crippen LogP) is 5.41. The van der Waals surface area contributed by atoms with Crippen LogP contribution in [0.5, 0.6) is 0 Å². The van der Waals surface area contributed by atoms with Gasteiger partial charge in [0.25, 0.3) is 0 Å². The van der Waals surface area contributed by atoms with Crippen LogP contribution in [0.2, 0.25) is 0 Å². The number of allylic oxidation sites excluding steroid dienone is 2. The molecule has 4 rings (SSSR count). The molecule has 7 atom stereocenters. The maximum Gasteiger partial charge on any atom is 0.305 e. The Morgan fingerprint density at radius 2 is 1.93 bits per heavy atom. The molecule has 0 saturated heterocycles. The van der Waals surface area contributed by atoms with Gasteiger partial charge in [0.05, 0.1) is 17.2 Å². The number of aliphatic hydroxyl groups is 1. The van der Waals surface area contributed by atoms with Gasteiger partial charge in [-0.3, -0.25) is 9.59 Å². The zero-order valence-electron chi connectivity index (χ0n) is 18.7. The van der Waals surface area contributed by atoms with E-state index in [9.17, 15) is 14.7 Å². The lowest BCUT2D eigenvalue weighted by molar-refractivity contribution is -0.149. The summed E-state index contributed by atoms with van der Waals surface area (Å²) in [6, 6.07) is 0. The Labute approximate surface area is 185 Å². The normalized spacial score (nSPS) is 45.2. The van der Waals surface area contributed by atoms with E-state index in [0.717, 1.165) is 44.9 Å². The van der Waals surface area contributed by atoms with Crippen molar-refractivity contribution in [3.8, 4) is 0 Å². The highest BCUT2D eigenvalue weighted by molar-refractivity contribution is 6.42. The molecule has 0 spiro atoms. The summed E-state index contributed by atoms with van der Waals surface area (Å²) < 4.78 is 5.25. The lowest BCUT2D eigenvalue weighted by Gasteiger charge is -2.60.